The molecule has 0 spiro atoms. The fourth-order valence-corrected chi connectivity index (χ4v) is 3.63. The van der Waals surface area contributed by atoms with Gasteiger partial charge in [-0.2, -0.15) is 0 Å². The summed E-state index contributed by atoms with van der Waals surface area (Å²) in [6, 6.07) is 0. The third kappa shape index (κ3) is 4.23. The number of hydrogen-bond acceptors (Lipinski definition) is 0. The van der Waals surface area contributed by atoms with Crippen molar-refractivity contribution in [1.82, 2.24) is 0 Å². The molecule has 17 heavy (non-hydrogen) atoms. The van der Waals surface area contributed by atoms with Crippen LogP contribution in [0.2, 0.25) is 0 Å². The Morgan fingerprint density at radius 3 is 1.24 bits per heavy atom. The summed E-state index contributed by atoms with van der Waals surface area (Å²) in [5.74, 6) is 0. The number of unbranched alkanes of at least 4 members (excludes halogenated alkanes) is 1. The highest BCUT2D eigenvalue weighted by Gasteiger charge is 2.28. The molecule has 2 heterocycles. The van der Waals surface area contributed by atoms with E-state index in [1.54, 1.807) is 0 Å². The normalized spacial score (nSPS) is 25.8. The Kier molecular flexibility index (Phi) is 5.42. The van der Waals surface area contributed by atoms with E-state index in [0.717, 1.165) is 0 Å². The Hall–Kier alpha value is -0.120. The first-order chi connectivity index (χ1) is 7.62. The molecule has 0 aromatic rings. The molecule has 2 aliphatic rings. The van der Waals surface area contributed by atoms with E-state index in [4.69, 9.17) is 0 Å². The van der Waals surface area contributed by atoms with Crippen LogP contribution in [0.4, 0.5) is 0 Å². The summed E-state index contributed by atoms with van der Waals surface area (Å²) < 4.78 is 2.73. The van der Waals surface area contributed by atoms with Gasteiger partial charge in [-0.3, -0.25) is 0 Å². The van der Waals surface area contributed by atoms with Gasteiger partial charge in [-0.05, 0) is 0 Å². The molecule has 2 aliphatic heterocycles. The van der Waals surface area contributed by atoms with Gasteiger partial charge in [0.25, 0.3) is 0 Å². The maximum Gasteiger partial charge on any atom is 0.0786 e. The maximum absolute atomic E-state index is 2.46. The van der Waals surface area contributed by atoms with Gasteiger partial charge in [0.2, 0.25) is 0 Å². The predicted octanol–water partition coefficient (Wildman–Crippen LogP) is 1.42. The van der Waals surface area contributed by atoms with Crippen LogP contribution in [0.15, 0.2) is 0 Å². The molecule has 0 amide bonds. The molecule has 2 rings (SSSR count). The van der Waals surface area contributed by atoms with Crippen molar-refractivity contribution in [1.29, 1.82) is 0 Å². The summed E-state index contributed by atoms with van der Waals surface area (Å²) in [7, 11) is 4.91. The minimum atomic E-state index is 0. The van der Waals surface area contributed by atoms with Crippen molar-refractivity contribution in [2.45, 2.75) is 38.5 Å². The molecule has 0 bridgehead atoms. The second kappa shape index (κ2) is 6.17. The van der Waals surface area contributed by atoms with Gasteiger partial charge >= 0.3 is 0 Å². The number of nitrogens with zero attached hydrogens (tertiary/aromatic N) is 2. The van der Waals surface area contributed by atoms with Crippen molar-refractivity contribution in [3.63, 3.8) is 0 Å². The minimum Gasteiger partial charge on any atom is -0.412 e. The van der Waals surface area contributed by atoms with Crippen LogP contribution in [0.3, 0.4) is 0 Å². The van der Waals surface area contributed by atoms with Crippen molar-refractivity contribution in [3.05, 3.63) is 0 Å². The molecule has 0 aromatic carbocycles. The molecule has 3 nitrogen and oxygen atoms in total. The Morgan fingerprint density at radius 2 is 0.941 bits per heavy atom. The fraction of sp³-hybridized carbons (Fsp3) is 1.00. The number of quaternary nitrogens is 2. The largest absolute Gasteiger partial charge is 0.412 e. The number of rotatable bonds is 5. The molecule has 2 N–H and O–H groups in total. The molecule has 0 aromatic heterocycles. The van der Waals surface area contributed by atoms with Crippen molar-refractivity contribution in [2.75, 3.05) is 53.4 Å². The van der Waals surface area contributed by atoms with Crippen molar-refractivity contribution in [2.24, 2.45) is 0 Å². The monoisotopic (exact) mass is 244 g/mol. The van der Waals surface area contributed by atoms with Crippen LogP contribution in [-0.4, -0.2) is 67.8 Å². The fourth-order valence-electron chi connectivity index (χ4n) is 3.63. The summed E-state index contributed by atoms with van der Waals surface area (Å²) in [4.78, 5) is 0. The highest BCUT2D eigenvalue weighted by molar-refractivity contribution is 4.54. The third-order valence-electron chi connectivity index (χ3n) is 4.94. The second-order valence-corrected chi connectivity index (χ2v) is 6.70. The average molecular weight is 244 g/mol. The Balaban J connectivity index is 0.00000144. The standard InChI is InChI=1S/C14H30N2.H2O/c1-15(9-3-4-10-15)13-7-8-14-16(2)11-5-6-12-16;/h3-14H2,1-2H3;1H2/q+2;. The average Bonchev–Trinajstić information content (AvgIpc) is 2.84. The van der Waals surface area contributed by atoms with Crippen molar-refractivity contribution >= 4 is 0 Å². The minimum absolute atomic E-state index is 0. The Bertz CT molecular complexity index is 194. The van der Waals surface area contributed by atoms with Gasteiger partial charge in [-0.15, -0.1) is 0 Å². The van der Waals surface area contributed by atoms with Crippen LogP contribution in [0, 0.1) is 0 Å². The van der Waals surface area contributed by atoms with E-state index in [9.17, 15) is 0 Å². The maximum atomic E-state index is 2.46. The first-order valence-electron chi connectivity index (χ1n) is 7.29. The molecular formula is C14H32N2O+2. The van der Waals surface area contributed by atoms with Crippen LogP contribution in [-0.2, 0) is 0 Å². The zero-order valence-electron chi connectivity index (χ0n) is 11.9. The van der Waals surface area contributed by atoms with Crippen LogP contribution in [0.25, 0.3) is 0 Å². The molecule has 102 valence electrons. The third-order valence-corrected chi connectivity index (χ3v) is 4.94. The highest BCUT2D eigenvalue weighted by Crippen LogP contribution is 2.20. The lowest BCUT2D eigenvalue weighted by Crippen LogP contribution is -2.44. The van der Waals surface area contributed by atoms with Gasteiger partial charge in [0.1, 0.15) is 0 Å². The SMILES string of the molecule is C[N+]1(CCCC[N+]2(C)CCCC2)CCCC1.O. The van der Waals surface area contributed by atoms with Gasteiger partial charge in [0, 0.05) is 38.5 Å². The van der Waals surface area contributed by atoms with Gasteiger partial charge < -0.3 is 14.4 Å². The van der Waals surface area contributed by atoms with E-state index in [-0.39, 0.29) is 5.48 Å². The van der Waals surface area contributed by atoms with Crippen LogP contribution in [0.5, 0.6) is 0 Å². The first kappa shape index (κ1) is 14.9. The Morgan fingerprint density at radius 1 is 0.647 bits per heavy atom. The lowest BCUT2D eigenvalue weighted by molar-refractivity contribution is -0.904. The van der Waals surface area contributed by atoms with Gasteiger partial charge in [0.05, 0.1) is 53.4 Å². The first-order valence-corrected chi connectivity index (χ1v) is 7.29. The van der Waals surface area contributed by atoms with E-state index >= 15 is 0 Å². The van der Waals surface area contributed by atoms with Crippen LogP contribution in [0.1, 0.15) is 38.5 Å². The molecule has 2 saturated heterocycles. The van der Waals surface area contributed by atoms with E-state index < -0.39 is 0 Å². The second-order valence-electron chi connectivity index (χ2n) is 6.70. The molecule has 2 fully saturated rings. The zero-order chi connectivity index (χ0) is 11.5. The molecule has 0 saturated carbocycles. The summed E-state index contributed by atoms with van der Waals surface area (Å²) in [5, 5.41) is 0. The van der Waals surface area contributed by atoms with Gasteiger partial charge in [0.15, 0.2) is 0 Å². The predicted molar refractivity (Wildman–Crippen MR) is 72.9 cm³/mol. The topological polar surface area (TPSA) is 31.5 Å². The van der Waals surface area contributed by atoms with Gasteiger partial charge in [-0.1, -0.05) is 0 Å². The molecule has 0 unspecified atom stereocenters. The summed E-state index contributed by atoms with van der Waals surface area (Å²) in [5.41, 5.74) is 0. The van der Waals surface area contributed by atoms with E-state index in [2.05, 4.69) is 14.1 Å². The molecular weight excluding hydrogens is 212 g/mol. The lowest BCUT2D eigenvalue weighted by atomic mass is 10.2. The lowest BCUT2D eigenvalue weighted by Gasteiger charge is -2.31. The van der Waals surface area contributed by atoms with E-state index in [1.165, 1.54) is 86.8 Å². The van der Waals surface area contributed by atoms with E-state index in [0.29, 0.717) is 0 Å². The molecule has 3 heteroatoms. The summed E-state index contributed by atoms with van der Waals surface area (Å²) in [6.45, 7) is 8.61. The summed E-state index contributed by atoms with van der Waals surface area (Å²) in [6.07, 6.45) is 8.75. The summed E-state index contributed by atoms with van der Waals surface area (Å²) >= 11 is 0. The molecule has 0 atom stereocenters. The van der Waals surface area contributed by atoms with Crippen molar-refractivity contribution in [3.8, 4) is 0 Å². The Labute approximate surface area is 107 Å². The van der Waals surface area contributed by atoms with Gasteiger partial charge in [-0.25, -0.2) is 0 Å². The quantitative estimate of drug-likeness (QED) is 0.517. The number of likely N-dealkylation sites (tertiary alicyclic amines) is 2. The van der Waals surface area contributed by atoms with Crippen molar-refractivity contribution < 1.29 is 14.4 Å². The zero-order valence-corrected chi connectivity index (χ0v) is 11.9. The van der Waals surface area contributed by atoms with E-state index in [1.807, 2.05) is 0 Å². The highest BCUT2D eigenvalue weighted by atomic mass is 16.0. The molecule has 0 radical (unpaired) electrons. The molecule has 0 aliphatic carbocycles. The number of hydrogen-bond donors (Lipinski definition) is 0. The smallest absolute Gasteiger partial charge is 0.0786 e. The van der Waals surface area contributed by atoms with Crippen LogP contribution >= 0.6 is 0 Å². The van der Waals surface area contributed by atoms with Crippen LogP contribution < -0.4 is 0 Å².